The summed E-state index contributed by atoms with van der Waals surface area (Å²) in [7, 11) is 1.42. The van der Waals surface area contributed by atoms with Crippen LogP contribution >= 0.6 is 11.3 Å². The third-order valence-corrected chi connectivity index (χ3v) is 4.90. The maximum absolute atomic E-state index is 12.5. The molecule has 0 bridgehead atoms. The van der Waals surface area contributed by atoms with E-state index < -0.39 is 10.8 Å². The zero-order chi connectivity index (χ0) is 20.1. The molecule has 1 N–H and O–H groups in total. The molecular formula is C20H18N2O5S. The molecule has 0 radical (unpaired) electrons. The monoisotopic (exact) mass is 398 g/mol. The fraction of sp³-hybridized carbons (Fsp3) is 0.150. The second kappa shape index (κ2) is 8.53. The number of carbonyl (C=O) groups excluding carboxylic acids is 1. The molecule has 0 aliphatic rings. The number of methoxy groups -OCH3 is 1. The molecule has 0 unspecified atom stereocenters. The number of carbonyl (C=O) groups is 1. The molecule has 3 aromatic rings. The highest BCUT2D eigenvalue weighted by Gasteiger charge is 2.19. The molecule has 0 aliphatic carbocycles. The number of nitrogens with one attached hydrogen (secondary N) is 1. The quantitative estimate of drug-likeness (QED) is 0.456. The standard InChI is InChI=1S/C20H18N2O5S/c1-13-4-3-5-16(8-13)27-11-14-9-19(28-12-14)20(23)21-17-7-6-15(26-2)10-18(17)22(24)25/h3-10,12H,11H2,1-2H3,(H,21,23). The van der Waals surface area contributed by atoms with Crippen LogP contribution in [-0.4, -0.2) is 17.9 Å². The molecule has 0 atom stereocenters. The Morgan fingerprint density at radius 1 is 1.18 bits per heavy atom. The Morgan fingerprint density at radius 3 is 2.71 bits per heavy atom. The van der Waals surface area contributed by atoms with Gasteiger partial charge in [-0.05, 0) is 48.2 Å². The SMILES string of the molecule is COc1ccc(NC(=O)c2cc(COc3cccc(C)c3)cs2)c([N+](=O)[O-])c1. The van der Waals surface area contributed by atoms with Crippen LogP contribution in [0.4, 0.5) is 11.4 Å². The Labute approximate surface area is 165 Å². The van der Waals surface area contributed by atoms with E-state index in [9.17, 15) is 14.9 Å². The molecule has 0 fully saturated rings. The van der Waals surface area contributed by atoms with Crippen molar-refractivity contribution in [1.82, 2.24) is 0 Å². The summed E-state index contributed by atoms with van der Waals surface area (Å²) in [6.07, 6.45) is 0. The van der Waals surface area contributed by atoms with Gasteiger partial charge < -0.3 is 14.8 Å². The van der Waals surface area contributed by atoms with Crippen LogP contribution < -0.4 is 14.8 Å². The van der Waals surface area contributed by atoms with E-state index in [1.165, 1.54) is 30.6 Å². The zero-order valence-corrected chi connectivity index (χ0v) is 16.1. The maximum Gasteiger partial charge on any atom is 0.296 e. The van der Waals surface area contributed by atoms with Gasteiger partial charge in [0.25, 0.3) is 11.6 Å². The van der Waals surface area contributed by atoms with Gasteiger partial charge in [0.1, 0.15) is 23.8 Å². The Kier molecular flexibility index (Phi) is 5.90. The first kappa shape index (κ1) is 19.4. The summed E-state index contributed by atoms with van der Waals surface area (Å²) in [6, 6.07) is 13.7. The number of nitro benzene ring substituents is 1. The third-order valence-electron chi connectivity index (χ3n) is 3.92. The van der Waals surface area contributed by atoms with E-state index in [0.29, 0.717) is 17.2 Å². The molecule has 0 saturated heterocycles. The van der Waals surface area contributed by atoms with Crippen LogP contribution in [0, 0.1) is 17.0 Å². The van der Waals surface area contributed by atoms with Gasteiger partial charge in [-0.2, -0.15) is 0 Å². The van der Waals surface area contributed by atoms with Crippen molar-refractivity contribution >= 4 is 28.6 Å². The van der Waals surface area contributed by atoms with Crippen LogP contribution in [0.25, 0.3) is 0 Å². The predicted molar refractivity (Wildman–Crippen MR) is 107 cm³/mol. The number of nitrogens with zero attached hydrogens (tertiary/aromatic N) is 1. The molecule has 0 aliphatic heterocycles. The predicted octanol–water partition coefficient (Wildman–Crippen LogP) is 4.80. The number of hydrogen-bond donors (Lipinski definition) is 1. The lowest BCUT2D eigenvalue weighted by Gasteiger charge is -2.07. The van der Waals surface area contributed by atoms with Crippen molar-refractivity contribution in [3.63, 3.8) is 0 Å². The summed E-state index contributed by atoms with van der Waals surface area (Å²) >= 11 is 1.25. The molecule has 8 heteroatoms. The van der Waals surface area contributed by atoms with E-state index in [0.717, 1.165) is 16.9 Å². The van der Waals surface area contributed by atoms with Crippen molar-refractivity contribution in [2.45, 2.75) is 13.5 Å². The molecule has 7 nitrogen and oxygen atoms in total. The number of hydrogen-bond acceptors (Lipinski definition) is 6. The number of nitro groups is 1. The summed E-state index contributed by atoms with van der Waals surface area (Å²) in [4.78, 5) is 23.6. The minimum atomic E-state index is -0.562. The number of thiophene rings is 1. The first-order valence-electron chi connectivity index (χ1n) is 8.37. The number of ether oxygens (including phenoxy) is 2. The van der Waals surface area contributed by atoms with E-state index >= 15 is 0 Å². The van der Waals surface area contributed by atoms with Crippen molar-refractivity contribution in [2.75, 3.05) is 12.4 Å². The van der Waals surface area contributed by atoms with E-state index in [4.69, 9.17) is 9.47 Å². The fourth-order valence-electron chi connectivity index (χ4n) is 2.52. The molecule has 28 heavy (non-hydrogen) atoms. The van der Waals surface area contributed by atoms with Crippen LogP contribution in [-0.2, 0) is 6.61 Å². The molecule has 0 saturated carbocycles. The van der Waals surface area contributed by atoms with Crippen molar-refractivity contribution < 1.29 is 19.2 Å². The van der Waals surface area contributed by atoms with E-state index in [2.05, 4.69) is 5.32 Å². The molecule has 1 amide bonds. The first-order valence-corrected chi connectivity index (χ1v) is 9.25. The van der Waals surface area contributed by atoms with Crippen LogP contribution in [0.5, 0.6) is 11.5 Å². The van der Waals surface area contributed by atoms with Crippen LogP contribution in [0.15, 0.2) is 53.9 Å². The lowest BCUT2D eigenvalue weighted by molar-refractivity contribution is -0.384. The average Bonchev–Trinajstić information content (AvgIpc) is 3.16. The number of aryl methyl sites for hydroxylation is 1. The second-order valence-corrected chi connectivity index (χ2v) is 6.93. The van der Waals surface area contributed by atoms with Gasteiger partial charge in [-0.15, -0.1) is 11.3 Å². The van der Waals surface area contributed by atoms with Gasteiger partial charge in [0, 0.05) is 5.56 Å². The minimum absolute atomic E-state index is 0.113. The number of amides is 1. The Balaban J connectivity index is 1.68. The highest BCUT2D eigenvalue weighted by atomic mass is 32.1. The van der Waals surface area contributed by atoms with Gasteiger partial charge in [0.2, 0.25) is 0 Å². The van der Waals surface area contributed by atoms with Gasteiger partial charge in [-0.3, -0.25) is 14.9 Å². The van der Waals surface area contributed by atoms with Crippen LogP contribution in [0.2, 0.25) is 0 Å². The van der Waals surface area contributed by atoms with Crippen molar-refractivity contribution in [3.05, 3.63) is 80.0 Å². The smallest absolute Gasteiger partial charge is 0.296 e. The average molecular weight is 398 g/mol. The highest BCUT2D eigenvalue weighted by Crippen LogP contribution is 2.30. The number of rotatable bonds is 7. The zero-order valence-electron chi connectivity index (χ0n) is 15.3. The van der Waals surface area contributed by atoms with Crippen molar-refractivity contribution in [3.8, 4) is 11.5 Å². The highest BCUT2D eigenvalue weighted by molar-refractivity contribution is 7.12. The summed E-state index contributed by atoms with van der Waals surface area (Å²) < 4.78 is 10.7. The first-order chi connectivity index (χ1) is 13.5. The Morgan fingerprint density at radius 2 is 2.00 bits per heavy atom. The van der Waals surface area contributed by atoms with Crippen molar-refractivity contribution in [2.24, 2.45) is 0 Å². The lowest BCUT2D eigenvalue weighted by atomic mass is 10.2. The van der Waals surface area contributed by atoms with Gasteiger partial charge in [-0.1, -0.05) is 12.1 Å². The van der Waals surface area contributed by atoms with Gasteiger partial charge in [-0.25, -0.2) is 0 Å². The van der Waals surface area contributed by atoms with Crippen LogP contribution in [0.1, 0.15) is 20.8 Å². The van der Waals surface area contributed by atoms with E-state index in [1.54, 1.807) is 12.1 Å². The van der Waals surface area contributed by atoms with E-state index in [1.807, 2.05) is 36.6 Å². The van der Waals surface area contributed by atoms with Gasteiger partial charge >= 0.3 is 0 Å². The second-order valence-electron chi connectivity index (χ2n) is 6.02. The summed E-state index contributed by atoms with van der Waals surface area (Å²) in [5.41, 5.74) is 1.83. The van der Waals surface area contributed by atoms with Crippen molar-refractivity contribution in [1.29, 1.82) is 0 Å². The normalized spacial score (nSPS) is 10.4. The molecule has 144 valence electrons. The summed E-state index contributed by atoms with van der Waals surface area (Å²) in [5, 5.41) is 15.7. The van der Waals surface area contributed by atoms with Gasteiger partial charge in [0.15, 0.2) is 0 Å². The molecule has 0 spiro atoms. The largest absolute Gasteiger partial charge is 0.496 e. The lowest BCUT2D eigenvalue weighted by Crippen LogP contribution is -2.11. The number of benzene rings is 2. The molecule has 1 aromatic heterocycles. The fourth-order valence-corrected chi connectivity index (χ4v) is 3.31. The molecule has 3 rings (SSSR count). The Bertz CT molecular complexity index is 1020. The van der Waals surface area contributed by atoms with Crippen LogP contribution in [0.3, 0.4) is 0 Å². The molecule has 1 heterocycles. The van der Waals surface area contributed by atoms with E-state index in [-0.39, 0.29) is 11.4 Å². The minimum Gasteiger partial charge on any atom is -0.496 e. The summed E-state index contributed by atoms with van der Waals surface area (Å²) in [6.45, 7) is 2.31. The molecular weight excluding hydrogens is 380 g/mol. The summed E-state index contributed by atoms with van der Waals surface area (Å²) in [5.74, 6) is 0.683. The Hall–Kier alpha value is -3.39. The third kappa shape index (κ3) is 4.66. The topological polar surface area (TPSA) is 90.7 Å². The molecule has 2 aromatic carbocycles. The van der Waals surface area contributed by atoms with Gasteiger partial charge in [0.05, 0.1) is 23.0 Å². The maximum atomic E-state index is 12.5. The number of anilines is 1.